The number of ether oxygens (including phenoxy) is 1. The number of rotatable bonds is 3. The highest BCUT2D eigenvalue weighted by molar-refractivity contribution is 5.73. The first-order valence-corrected chi connectivity index (χ1v) is 10.4. The molecule has 0 fully saturated rings. The van der Waals surface area contributed by atoms with Crippen molar-refractivity contribution in [2.24, 2.45) is 5.73 Å². The van der Waals surface area contributed by atoms with Crippen molar-refractivity contribution in [3.63, 3.8) is 0 Å². The molecule has 2 rings (SSSR count). The van der Waals surface area contributed by atoms with Crippen LogP contribution in [-0.2, 0) is 4.74 Å². The first-order valence-electron chi connectivity index (χ1n) is 10.4. The molecule has 3 heteroatoms. The molecule has 1 aliphatic carbocycles. The number of hydrogen-bond acceptors (Lipinski definition) is 3. The van der Waals surface area contributed by atoms with Gasteiger partial charge in [0.25, 0.3) is 0 Å². The molecule has 0 bridgehead atoms. The number of furan rings is 1. The molecule has 1 unspecified atom stereocenters. The maximum absolute atomic E-state index is 6.01. The second-order valence-corrected chi connectivity index (χ2v) is 6.37. The fourth-order valence-corrected chi connectivity index (χ4v) is 2.46. The van der Waals surface area contributed by atoms with Gasteiger partial charge in [-0.3, -0.25) is 0 Å². The predicted molar refractivity (Wildman–Crippen MR) is 127 cm³/mol. The summed E-state index contributed by atoms with van der Waals surface area (Å²) in [6.45, 7) is 13.9. The molecular formula is C26H39NO2. The van der Waals surface area contributed by atoms with E-state index in [4.69, 9.17) is 14.9 Å². The average molecular weight is 398 g/mol. The Hall–Kier alpha value is -2.68. The fourth-order valence-electron chi connectivity index (χ4n) is 2.46. The second kappa shape index (κ2) is 16.3. The number of allylic oxidation sites excluding steroid dienone is 10. The first-order chi connectivity index (χ1) is 14.0. The van der Waals surface area contributed by atoms with Crippen LogP contribution in [0.4, 0.5) is 0 Å². The summed E-state index contributed by atoms with van der Waals surface area (Å²) in [6.07, 6.45) is 20.1. The van der Waals surface area contributed by atoms with Gasteiger partial charge in [-0.2, -0.15) is 0 Å². The Morgan fingerprint density at radius 1 is 1.17 bits per heavy atom. The Morgan fingerprint density at radius 2 is 1.86 bits per heavy atom. The zero-order valence-corrected chi connectivity index (χ0v) is 19.2. The lowest BCUT2D eigenvalue weighted by molar-refractivity contribution is 0.148. The molecule has 0 saturated heterocycles. The highest BCUT2D eigenvalue weighted by atomic mass is 16.5. The summed E-state index contributed by atoms with van der Waals surface area (Å²) < 4.78 is 11.8. The third-order valence-electron chi connectivity index (χ3n) is 3.93. The van der Waals surface area contributed by atoms with Crippen molar-refractivity contribution in [1.82, 2.24) is 0 Å². The largest absolute Gasteiger partial charge is 0.491 e. The molecule has 1 aromatic heterocycles. The van der Waals surface area contributed by atoms with E-state index in [1.807, 2.05) is 59.8 Å². The lowest BCUT2D eigenvalue weighted by Gasteiger charge is -2.16. The molecule has 0 aromatic carbocycles. The standard InChI is InChI=1S/C21H26O2.C3H7N.C2H6/c1-5-17(3)22-20-11-9-7-6-8-10-19(14-16(2)15-20)21-13-12-18(4)23-21;1-2-3-4;1-2/h5-8,10,12-15,20H,9,11H2,1-4H3;2-3H,4H2,1H3;1-2H3/b7-6+,10-8-,16-15+,17-5+,19-14+;3-2-;. The Balaban J connectivity index is 0.00000116. The molecule has 1 atom stereocenters. The molecule has 0 spiro atoms. The molecule has 29 heavy (non-hydrogen) atoms. The van der Waals surface area contributed by atoms with Crippen molar-refractivity contribution >= 4 is 5.57 Å². The van der Waals surface area contributed by atoms with E-state index in [-0.39, 0.29) is 6.10 Å². The van der Waals surface area contributed by atoms with Gasteiger partial charge in [0.2, 0.25) is 0 Å². The molecule has 160 valence electrons. The van der Waals surface area contributed by atoms with E-state index >= 15 is 0 Å². The van der Waals surface area contributed by atoms with Crippen LogP contribution in [0, 0.1) is 6.92 Å². The van der Waals surface area contributed by atoms with Crippen LogP contribution in [-0.4, -0.2) is 6.10 Å². The highest BCUT2D eigenvalue weighted by Gasteiger charge is 2.08. The third kappa shape index (κ3) is 11.7. The average Bonchev–Trinajstić information content (AvgIpc) is 3.15. The summed E-state index contributed by atoms with van der Waals surface area (Å²) in [5, 5.41) is 0. The zero-order valence-electron chi connectivity index (χ0n) is 19.2. The van der Waals surface area contributed by atoms with Crippen molar-refractivity contribution in [1.29, 1.82) is 0 Å². The molecule has 0 amide bonds. The predicted octanol–water partition coefficient (Wildman–Crippen LogP) is 7.64. The van der Waals surface area contributed by atoms with Gasteiger partial charge in [-0.1, -0.05) is 49.8 Å². The summed E-state index contributed by atoms with van der Waals surface area (Å²) in [6, 6.07) is 4.01. The minimum absolute atomic E-state index is 0.0878. The Labute approximate surface area is 178 Å². The lowest BCUT2D eigenvalue weighted by atomic mass is 10.1. The van der Waals surface area contributed by atoms with E-state index in [1.165, 1.54) is 11.8 Å². The first kappa shape index (κ1) is 26.3. The van der Waals surface area contributed by atoms with E-state index < -0.39 is 0 Å². The van der Waals surface area contributed by atoms with E-state index in [9.17, 15) is 0 Å². The van der Waals surface area contributed by atoms with Crippen molar-refractivity contribution in [2.45, 2.75) is 67.4 Å². The SMILES string of the molecule is C/C=C(\C)OC1/C=C(C)/C=C(c2ccc(C)o2)\C=C/C=C/CC1.C/C=C\N.CC. The molecule has 0 radical (unpaired) electrons. The van der Waals surface area contributed by atoms with Crippen molar-refractivity contribution in [3.05, 3.63) is 89.8 Å². The van der Waals surface area contributed by atoms with Crippen molar-refractivity contribution in [2.75, 3.05) is 0 Å². The monoisotopic (exact) mass is 397 g/mol. The normalized spacial score (nSPS) is 23.0. The van der Waals surface area contributed by atoms with Gasteiger partial charge in [0, 0.05) is 5.57 Å². The second-order valence-electron chi connectivity index (χ2n) is 6.37. The maximum Gasteiger partial charge on any atom is 0.134 e. The van der Waals surface area contributed by atoms with Crippen LogP contribution in [0.2, 0.25) is 0 Å². The molecule has 2 N–H and O–H groups in total. The molecule has 3 nitrogen and oxygen atoms in total. The van der Waals surface area contributed by atoms with Crippen LogP contribution in [0.15, 0.2) is 82.7 Å². The Morgan fingerprint density at radius 3 is 2.41 bits per heavy atom. The highest BCUT2D eigenvalue weighted by Crippen LogP contribution is 2.22. The zero-order chi connectivity index (χ0) is 22.1. The minimum Gasteiger partial charge on any atom is -0.491 e. The molecule has 0 aliphatic heterocycles. The van der Waals surface area contributed by atoms with Crippen LogP contribution in [0.5, 0.6) is 0 Å². The Kier molecular flexibility index (Phi) is 14.8. The van der Waals surface area contributed by atoms with Gasteiger partial charge >= 0.3 is 0 Å². The molecular weight excluding hydrogens is 358 g/mol. The van der Waals surface area contributed by atoms with Gasteiger partial charge in [-0.15, -0.1) is 0 Å². The van der Waals surface area contributed by atoms with Crippen LogP contribution in [0.1, 0.15) is 65.9 Å². The van der Waals surface area contributed by atoms with Gasteiger partial charge in [-0.05, 0) is 84.0 Å². The Bertz CT molecular complexity index is 739. The minimum atomic E-state index is 0.0878. The van der Waals surface area contributed by atoms with E-state index in [0.29, 0.717) is 0 Å². The lowest BCUT2D eigenvalue weighted by Crippen LogP contribution is -2.09. The van der Waals surface area contributed by atoms with E-state index in [2.05, 4.69) is 43.4 Å². The van der Waals surface area contributed by atoms with Gasteiger partial charge in [0.05, 0.1) is 5.76 Å². The van der Waals surface area contributed by atoms with Crippen LogP contribution in [0.3, 0.4) is 0 Å². The van der Waals surface area contributed by atoms with E-state index in [1.54, 1.807) is 6.08 Å². The molecule has 0 saturated carbocycles. The third-order valence-corrected chi connectivity index (χ3v) is 3.93. The number of nitrogens with two attached hydrogens (primary N) is 1. The molecule has 1 aliphatic rings. The van der Waals surface area contributed by atoms with Crippen LogP contribution >= 0.6 is 0 Å². The van der Waals surface area contributed by atoms with Gasteiger partial charge in [0.1, 0.15) is 17.6 Å². The van der Waals surface area contributed by atoms with Gasteiger partial charge in [-0.25, -0.2) is 0 Å². The quantitative estimate of drug-likeness (QED) is 0.533. The maximum atomic E-state index is 6.01. The summed E-state index contributed by atoms with van der Waals surface area (Å²) in [4.78, 5) is 0. The smallest absolute Gasteiger partial charge is 0.134 e. The van der Waals surface area contributed by atoms with E-state index in [0.717, 1.165) is 35.7 Å². The fraction of sp³-hybridized carbons (Fsp3) is 0.385. The number of hydrogen-bond donors (Lipinski definition) is 1. The summed E-state index contributed by atoms with van der Waals surface area (Å²) in [7, 11) is 0. The van der Waals surface area contributed by atoms with Gasteiger partial charge < -0.3 is 14.9 Å². The molecule has 1 aromatic rings. The topological polar surface area (TPSA) is 48.4 Å². The van der Waals surface area contributed by atoms with Crippen molar-refractivity contribution < 1.29 is 9.15 Å². The van der Waals surface area contributed by atoms with Crippen molar-refractivity contribution in [3.8, 4) is 0 Å². The van der Waals surface area contributed by atoms with Crippen LogP contribution in [0.25, 0.3) is 5.57 Å². The summed E-state index contributed by atoms with van der Waals surface area (Å²) >= 11 is 0. The number of aryl methyl sites for hydroxylation is 1. The molecule has 1 heterocycles. The van der Waals surface area contributed by atoms with Crippen LogP contribution < -0.4 is 5.73 Å². The van der Waals surface area contributed by atoms with Gasteiger partial charge in [0.15, 0.2) is 0 Å². The summed E-state index contributed by atoms with van der Waals surface area (Å²) in [5.41, 5.74) is 7.09. The summed E-state index contributed by atoms with van der Waals surface area (Å²) in [5.74, 6) is 2.77.